The highest BCUT2D eigenvalue weighted by atomic mass is 16.2. The average molecular weight is 218 g/mol. The van der Waals surface area contributed by atoms with Crippen LogP contribution in [0.2, 0.25) is 0 Å². The molecule has 1 unspecified atom stereocenters. The van der Waals surface area contributed by atoms with Crippen LogP contribution in [0.3, 0.4) is 0 Å². The van der Waals surface area contributed by atoms with Crippen molar-refractivity contribution in [3.8, 4) is 0 Å². The van der Waals surface area contributed by atoms with Crippen molar-refractivity contribution in [2.75, 3.05) is 11.4 Å². The molecule has 1 aromatic carbocycles. The summed E-state index contributed by atoms with van der Waals surface area (Å²) < 4.78 is 0. The highest BCUT2D eigenvalue weighted by molar-refractivity contribution is 6.22. The van der Waals surface area contributed by atoms with Crippen molar-refractivity contribution in [1.82, 2.24) is 5.32 Å². The lowest BCUT2D eigenvalue weighted by Gasteiger charge is -2.14. The lowest BCUT2D eigenvalue weighted by Crippen LogP contribution is -2.38. The molecule has 1 N–H and O–H groups in total. The molecule has 0 aliphatic carbocycles. The molecule has 1 aromatic rings. The fraction of sp³-hybridized carbons (Fsp3) is 0.333. The molecule has 4 heteroatoms. The van der Waals surface area contributed by atoms with Gasteiger partial charge >= 0.3 is 0 Å². The van der Waals surface area contributed by atoms with Gasteiger partial charge < -0.3 is 5.32 Å². The van der Waals surface area contributed by atoms with E-state index < -0.39 is 0 Å². The van der Waals surface area contributed by atoms with Crippen LogP contribution in [0.5, 0.6) is 0 Å². The Kier molecular flexibility index (Phi) is 3.01. The molecule has 0 saturated carbocycles. The van der Waals surface area contributed by atoms with E-state index in [1.54, 1.807) is 12.1 Å². The molecule has 1 heterocycles. The summed E-state index contributed by atoms with van der Waals surface area (Å²) >= 11 is 0. The minimum Gasteiger partial charge on any atom is -0.306 e. The molecular weight excluding hydrogens is 204 g/mol. The van der Waals surface area contributed by atoms with E-state index >= 15 is 0 Å². The van der Waals surface area contributed by atoms with Crippen LogP contribution in [-0.2, 0) is 9.59 Å². The van der Waals surface area contributed by atoms with E-state index in [0.29, 0.717) is 12.2 Å². The van der Waals surface area contributed by atoms with Gasteiger partial charge in [-0.2, -0.15) is 0 Å². The zero-order valence-electron chi connectivity index (χ0n) is 9.14. The lowest BCUT2D eigenvalue weighted by molar-refractivity contribution is -0.121. The Labute approximate surface area is 94.2 Å². The highest BCUT2D eigenvalue weighted by Crippen LogP contribution is 2.22. The van der Waals surface area contributed by atoms with Gasteiger partial charge in [0.2, 0.25) is 5.91 Å². The molecule has 0 bridgehead atoms. The Morgan fingerprint density at radius 3 is 2.62 bits per heavy atom. The molecule has 1 aliphatic rings. The van der Waals surface area contributed by atoms with E-state index in [4.69, 9.17) is 0 Å². The fourth-order valence-corrected chi connectivity index (χ4v) is 1.89. The van der Waals surface area contributed by atoms with Crippen LogP contribution in [-0.4, -0.2) is 24.4 Å². The van der Waals surface area contributed by atoms with Gasteiger partial charge in [0.25, 0.3) is 5.91 Å². The molecule has 0 radical (unpaired) electrons. The Bertz CT molecular complexity index is 403. The Balaban J connectivity index is 2.23. The summed E-state index contributed by atoms with van der Waals surface area (Å²) in [5.41, 5.74) is 0.651. The quantitative estimate of drug-likeness (QED) is 0.768. The van der Waals surface area contributed by atoms with Gasteiger partial charge in [-0.25, -0.2) is 4.90 Å². The summed E-state index contributed by atoms with van der Waals surface area (Å²) in [7, 11) is 0. The van der Waals surface area contributed by atoms with Gasteiger partial charge in [-0.05, 0) is 18.7 Å². The molecule has 84 valence electrons. The predicted molar refractivity (Wildman–Crippen MR) is 61.0 cm³/mol. The number of likely N-dealkylation sites (N-methyl/N-ethyl adjacent to an activating group) is 1. The van der Waals surface area contributed by atoms with Crippen LogP contribution in [0, 0.1) is 0 Å². The normalized spacial score (nSPS) is 20.6. The van der Waals surface area contributed by atoms with Gasteiger partial charge in [0.15, 0.2) is 0 Å². The third-order valence-corrected chi connectivity index (χ3v) is 2.61. The van der Waals surface area contributed by atoms with E-state index in [1.807, 2.05) is 25.1 Å². The average Bonchev–Trinajstić information content (AvgIpc) is 2.56. The maximum absolute atomic E-state index is 11.9. The van der Waals surface area contributed by atoms with E-state index in [9.17, 15) is 9.59 Å². The molecule has 16 heavy (non-hydrogen) atoms. The van der Waals surface area contributed by atoms with E-state index in [0.717, 1.165) is 0 Å². The van der Waals surface area contributed by atoms with Gasteiger partial charge in [0, 0.05) is 0 Å². The number of amides is 2. The monoisotopic (exact) mass is 218 g/mol. The second kappa shape index (κ2) is 4.45. The summed E-state index contributed by atoms with van der Waals surface area (Å²) in [5, 5.41) is 3.01. The maximum Gasteiger partial charge on any atom is 0.251 e. The molecule has 2 rings (SSSR count). The van der Waals surface area contributed by atoms with Crippen molar-refractivity contribution in [3.63, 3.8) is 0 Å². The summed E-state index contributed by atoms with van der Waals surface area (Å²) in [5.74, 6) is -0.291. The molecule has 1 atom stereocenters. The number of imide groups is 1. The zero-order valence-corrected chi connectivity index (χ0v) is 9.14. The molecule has 0 spiro atoms. The van der Waals surface area contributed by atoms with Crippen molar-refractivity contribution in [1.29, 1.82) is 0 Å². The van der Waals surface area contributed by atoms with Crippen molar-refractivity contribution < 1.29 is 9.59 Å². The number of hydrogen-bond acceptors (Lipinski definition) is 3. The van der Waals surface area contributed by atoms with Crippen molar-refractivity contribution in [2.45, 2.75) is 19.4 Å². The van der Waals surface area contributed by atoms with Crippen LogP contribution in [0.25, 0.3) is 0 Å². The number of nitrogens with one attached hydrogen (secondary N) is 1. The van der Waals surface area contributed by atoms with E-state index in [-0.39, 0.29) is 24.3 Å². The van der Waals surface area contributed by atoms with Crippen LogP contribution in [0.1, 0.15) is 13.3 Å². The highest BCUT2D eigenvalue weighted by Gasteiger charge is 2.38. The molecule has 0 aromatic heterocycles. The molecule has 1 fully saturated rings. The smallest absolute Gasteiger partial charge is 0.251 e. The van der Waals surface area contributed by atoms with Crippen LogP contribution < -0.4 is 10.2 Å². The van der Waals surface area contributed by atoms with Gasteiger partial charge in [0.05, 0.1) is 18.2 Å². The van der Waals surface area contributed by atoms with Gasteiger partial charge in [-0.3, -0.25) is 9.59 Å². The summed E-state index contributed by atoms with van der Waals surface area (Å²) in [6, 6.07) is 8.66. The van der Waals surface area contributed by atoms with Gasteiger partial charge in [-0.15, -0.1) is 0 Å². The fourth-order valence-electron chi connectivity index (χ4n) is 1.89. The Morgan fingerprint density at radius 2 is 2.00 bits per heavy atom. The van der Waals surface area contributed by atoms with Gasteiger partial charge in [-0.1, -0.05) is 25.1 Å². The molecule has 1 saturated heterocycles. The zero-order chi connectivity index (χ0) is 11.5. The first-order valence-electron chi connectivity index (χ1n) is 5.39. The number of para-hydroxylation sites is 1. The van der Waals surface area contributed by atoms with Gasteiger partial charge in [0.1, 0.15) is 0 Å². The van der Waals surface area contributed by atoms with Crippen LogP contribution in [0.15, 0.2) is 30.3 Å². The topological polar surface area (TPSA) is 49.4 Å². The number of nitrogens with zero attached hydrogens (tertiary/aromatic N) is 1. The second-order valence-corrected chi connectivity index (χ2v) is 3.72. The predicted octanol–water partition coefficient (Wildman–Crippen LogP) is 0.928. The van der Waals surface area contributed by atoms with E-state index in [2.05, 4.69) is 5.32 Å². The first-order chi connectivity index (χ1) is 7.74. The number of benzene rings is 1. The third kappa shape index (κ3) is 1.84. The third-order valence-electron chi connectivity index (χ3n) is 2.61. The van der Waals surface area contributed by atoms with Crippen molar-refractivity contribution >= 4 is 17.5 Å². The molecular formula is C12H14N2O2. The summed E-state index contributed by atoms with van der Waals surface area (Å²) in [6.45, 7) is 2.61. The first-order valence-corrected chi connectivity index (χ1v) is 5.39. The molecule has 2 amide bonds. The number of hydrogen-bond donors (Lipinski definition) is 1. The number of carbonyl (C=O) groups is 2. The summed E-state index contributed by atoms with van der Waals surface area (Å²) in [4.78, 5) is 24.9. The Hall–Kier alpha value is -1.68. The summed E-state index contributed by atoms with van der Waals surface area (Å²) in [6.07, 6.45) is 0.252. The largest absolute Gasteiger partial charge is 0.306 e. The lowest BCUT2D eigenvalue weighted by atomic mass is 10.2. The minimum absolute atomic E-state index is 0.137. The van der Waals surface area contributed by atoms with E-state index in [1.165, 1.54) is 4.90 Å². The van der Waals surface area contributed by atoms with Crippen LogP contribution in [0.4, 0.5) is 5.69 Å². The molecule has 1 aliphatic heterocycles. The maximum atomic E-state index is 11.9. The van der Waals surface area contributed by atoms with Crippen LogP contribution >= 0.6 is 0 Å². The van der Waals surface area contributed by atoms with Crippen molar-refractivity contribution in [3.05, 3.63) is 30.3 Å². The van der Waals surface area contributed by atoms with Crippen molar-refractivity contribution in [2.24, 2.45) is 0 Å². The molecule has 4 nitrogen and oxygen atoms in total. The number of carbonyl (C=O) groups excluding carboxylic acids is 2. The SMILES string of the molecule is CCNC1CC(=O)N(c2ccccc2)C1=O. The number of anilines is 1. The standard InChI is InChI=1S/C12H14N2O2/c1-2-13-10-8-11(15)14(12(10)16)9-6-4-3-5-7-9/h3-7,10,13H,2,8H2,1H3. The number of rotatable bonds is 3. The minimum atomic E-state index is -0.363. The first kappa shape index (κ1) is 10.8. The second-order valence-electron chi connectivity index (χ2n) is 3.72. The Morgan fingerprint density at radius 1 is 1.31 bits per heavy atom.